The van der Waals surface area contributed by atoms with E-state index in [1.807, 2.05) is 5.38 Å². The molecule has 2 aromatic rings. The number of hydrogen-bond donors (Lipinski definition) is 1. The molecule has 2 aliphatic heterocycles. The normalized spacial score (nSPS) is 23.6. The summed E-state index contributed by atoms with van der Waals surface area (Å²) in [7, 11) is 0. The van der Waals surface area contributed by atoms with Gasteiger partial charge in [-0.2, -0.15) is 0 Å². The Balaban J connectivity index is 1.49. The van der Waals surface area contributed by atoms with Crippen molar-refractivity contribution in [3.63, 3.8) is 0 Å². The third-order valence-corrected chi connectivity index (χ3v) is 7.23. The molecule has 32 heavy (non-hydrogen) atoms. The van der Waals surface area contributed by atoms with Crippen molar-refractivity contribution in [2.75, 3.05) is 6.54 Å². The summed E-state index contributed by atoms with van der Waals surface area (Å²) < 4.78 is 14.3. The molecule has 1 amide bonds. The van der Waals surface area contributed by atoms with E-state index in [9.17, 15) is 19.1 Å². The van der Waals surface area contributed by atoms with Crippen LogP contribution < -0.4 is 0 Å². The van der Waals surface area contributed by atoms with Gasteiger partial charge in [0.25, 0.3) is 0 Å². The van der Waals surface area contributed by atoms with Crippen molar-refractivity contribution in [1.29, 1.82) is 0 Å². The van der Waals surface area contributed by atoms with Gasteiger partial charge in [0, 0.05) is 41.4 Å². The van der Waals surface area contributed by atoms with E-state index >= 15 is 0 Å². The first kappa shape index (κ1) is 22.4. The number of amides is 1. The molecule has 1 aromatic heterocycles. The van der Waals surface area contributed by atoms with E-state index < -0.39 is 18.0 Å². The predicted molar refractivity (Wildman–Crippen MR) is 119 cm³/mol. The fourth-order valence-electron chi connectivity index (χ4n) is 4.53. The predicted octanol–water partition coefficient (Wildman–Crippen LogP) is 5.23. The second-order valence-electron chi connectivity index (χ2n) is 9.35. The molecule has 0 spiro atoms. The van der Waals surface area contributed by atoms with E-state index in [2.05, 4.69) is 25.9 Å². The first-order valence-electron chi connectivity index (χ1n) is 10.6. The van der Waals surface area contributed by atoms with Crippen LogP contribution in [-0.4, -0.2) is 45.7 Å². The summed E-state index contributed by atoms with van der Waals surface area (Å²) in [4.78, 5) is 34.8. The summed E-state index contributed by atoms with van der Waals surface area (Å²) in [6.45, 7) is 6.66. The molecule has 4 rings (SSSR count). The minimum absolute atomic E-state index is 0.0922. The minimum Gasteiger partial charge on any atom is -0.465 e. The molecule has 0 bridgehead atoms. The zero-order valence-electron chi connectivity index (χ0n) is 18.2. The molecular weight excluding hydrogens is 433 g/mol. The maximum absolute atomic E-state index is 14.3. The highest BCUT2D eigenvalue weighted by Crippen LogP contribution is 2.40. The van der Waals surface area contributed by atoms with Crippen LogP contribution >= 0.6 is 11.3 Å². The summed E-state index contributed by atoms with van der Waals surface area (Å²) in [5, 5.41) is 16.6. The molecule has 1 fully saturated rings. The van der Waals surface area contributed by atoms with E-state index in [1.165, 1.54) is 23.5 Å². The standard InChI is InChI=1S/C23H26FN3O4S/c1-23(2,3)19-9-13(7-8-27(19)22(29)30)21-25-17(12-32-21)16-10-18(31-26-16)20-14(11-28)5-4-6-15(20)24/h4-6,11-13,18-19H,7-10H2,1-3H3,(H,29,30). The van der Waals surface area contributed by atoms with E-state index in [4.69, 9.17) is 9.82 Å². The quantitative estimate of drug-likeness (QED) is 0.632. The van der Waals surface area contributed by atoms with Crippen LogP contribution in [0.15, 0.2) is 28.7 Å². The fourth-order valence-corrected chi connectivity index (χ4v) is 5.51. The summed E-state index contributed by atoms with van der Waals surface area (Å²) in [5.41, 5.74) is 1.59. The Morgan fingerprint density at radius 3 is 2.84 bits per heavy atom. The zero-order valence-corrected chi connectivity index (χ0v) is 19.1. The number of piperidine rings is 1. The van der Waals surface area contributed by atoms with Crippen LogP contribution in [0.4, 0.5) is 9.18 Å². The van der Waals surface area contributed by atoms with Crippen LogP contribution in [0.3, 0.4) is 0 Å². The minimum atomic E-state index is -0.880. The topological polar surface area (TPSA) is 92.1 Å². The average Bonchev–Trinajstić information content (AvgIpc) is 3.42. The number of carboxylic acid groups (broad SMARTS) is 1. The molecule has 2 aliphatic rings. The van der Waals surface area contributed by atoms with Gasteiger partial charge in [-0.1, -0.05) is 38.1 Å². The lowest BCUT2D eigenvalue weighted by Gasteiger charge is -2.44. The van der Waals surface area contributed by atoms with E-state index in [1.54, 1.807) is 11.0 Å². The van der Waals surface area contributed by atoms with Crippen LogP contribution in [0.25, 0.3) is 0 Å². The van der Waals surface area contributed by atoms with Gasteiger partial charge in [-0.15, -0.1) is 11.3 Å². The number of thiazole rings is 1. The molecule has 1 aromatic carbocycles. The van der Waals surface area contributed by atoms with Crippen LogP contribution in [0.5, 0.6) is 0 Å². The molecule has 0 radical (unpaired) electrons. The lowest BCUT2D eigenvalue weighted by molar-refractivity contribution is 0.0525. The van der Waals surface area contributed by atoms with Crippen LogP contribution in [-0.2, 0) is 4.84 Å². The van der Waals surface area contributed by atoms with Crippen molar-refractivity contribution >= 4 is 29.4 Å². The van der Waals surface area contributed by atoms with Crippen molar-refractivity contribution in [2.24, 2.45) is 10.6 Å². The van der Waals surface area contributed by atoms with Crippen molar-refractivity contribution in [3.8, 4) is 0 Å². The van der Waals surface area contributed by atoms with Crippen molar-refractivity contribution < 1.29 is 23.9 Å². The largest absolute Gasteiger partial charge is 0.465 e. The number of rotatable bonds is 4. The summed E-state index contributed by atoms with van der Waals surface area (Å²) in [5.74, 6) is -0.325. The van der Waals surface area contributed by atoms with E-state index in [0.29, 0.717) is 37.1 Å². The van der Waals surface area contributed by atoms with Crippen LogP contribution in [0.2, 0.25) is 0 Å². The monoisotopic (exact) mass is 459 g/mol. The average molecular weight is 460 g/mol. The molecule has 9 heteroatoms. The lowest BCUT2D eigenvalue weighted by atomic mass is 9.77. The van der Waals surface area contributed by atoms with Crippen molar-refractivity contribution in [3.05, 3.63) is 51.2 Å². The molecule has 1 saturated heterocycles. The number of oxime groups is 1. The van der Waals surface area contributed by atoms with E-state index in [0.717, 1.165) is 11.4 Å². The first-order chi connectivity index (χ1) is 15.2. The van der Waals surface area contributed by atoms with Gasteiger partial charge in [0.1, 0.15) is 11.5 Å². The maximum atomic E-state index is 14.3. The Kier molecular flexibility index (Phi) is 6.03. The summed E-state index contributed by atoms with van der Waals surface area (Å²) >= 11 is 1.53. The van der Waals surface area contributed by atoms with Gasteiger partial charge >= 0.3 is 6.09 Å². The van der Waals surface area contributed by atoms with Crippen molar-refractivity contribution in [1.82, 2.24) is 9.88 Å². The molecule has 1 N–H and O–H groups in total. The second-order valence-corrected chi connectivity index (χ2v) is 10.2. The third-order valence-electron chi connectivity index (χ3n) is 6.22. The molecule has 3 atom stereocenters. The van der Waals surface area contributed by atoms with Gasteiger partial charge in [0.05, 0.1) is 10.7 Å². The summed E-state index contributed by atoms with van der Waals surface area (Å²) in [6.07, 6.45) is 0.833. The highest BCUT2D eigenvalue weighted by Gasteiger charge is 2.40. The Bertz CT molecular complexity index is 1060. The number of halogens is 1. The number of hydrogen-bond acceptors (Lipinski definition) is 6. The smallest absolute Gasteiger partial charge is 0.407 e. The maximum Gasteiger partial charge on any atom is 0.407 e. The Labute approximate surface area is 189 Å². The SMILES string of the molecule is CC(C)(C)C1CC(c2nc(C3=NOC(c4c(F)cccc4C=O)C3)cs2)CCN1C(=O)O. The first-order valence-corrected chi connectivity index (χ1v) is 11.5. The number of aldehydes is 1. The van der Waals surface area contributed by atoms with Gasteiger partial charge in [-0.3, -0.25) is 4.79 Å². The summed E-state index contributed by atoms with van der Waals surface area (Å²) in [6, 6.07) is 4.26. The highest BCUT2D eigenvalue weighted by molar-refractivity contribution is 7.10. The van der Waals surface area contributed by atoms with Gasteiger partial charge in [0.2, 0.25) is 0 Å². The van der Waals surface area contributed by atoms with Crippen molar-refractivity contribution in [2.45, 2.75) is 58.1 Å². The zero-order chi connectivity index (χ0) is 23.0. The molecule has 7 nitrogen and oxygen atoms in total. The second kappa shape index (κ2) is 8.61. The number of carbonyl (C=O) groups excluding carboxylic acids is 1. The molecular formula is C23H26FN3O4S. The lowest BCUT2D eigenvalue weighted by Crippen LogP contribution is -2.51. The van der Waals surface area contributed by atoms with Gasteiger partial charge in [-0.05, 0) is 24.3 Å². The Hall–Kier alpha value is -2.81. The number of aromatic nitrogens is 1. The molecule has 0 saturated carbocycles. The van der Waals surface area contributed by atoms with E-state index in [-0.39, 0.29) is 28.5 Å². The molecule has 170 valence electrons. The van der Waals surface area contributed by atoms with Gasteiger partial charge in [0.15, 0.2) is 12.4 Å². The van der Waals surface area contributed by atoms with Gasteiger partial charge in [-0.25, -0.2) is 14.2 Å². The molecule has 3 unspecified atom stereocenters. The van der Waals surface area contributed by atoms with Crippen LogP contribution in [0, 0.1) is 11.2 Å². The number of benzene rings is 1. The highest BCUT2D eigenvalue weighted by atomic mass is 32.1. The molecule has 3 heterocycles. The fraction of sp³-hybridized carbons (Fsp3) is 0.478. The number of carbonyl (C=O) groups is 2. The number of nitrogens with zero attached hydrogens (tertiary/aromatic N) is 3. The van der Waals surface area contributed by atoms with Gasteiger partial charge < -0.3 is 14.8 Å². The van der Waals surface area contributed by atoms with Crippen LogP contribution in [0.1, 0.15) is 78.7 Å². The Morgan fingerprint density at radius 1 is 1.38 bits per heavy atom. The third kappa shape index (κ3) is 4.26. The number of likely N-dealkylation sites (tertiary alicyclic amines) is 1. The molecule has 0 aliphatic carbocycles. The Morgan fingerprint density at radius 2 is 2.16 bits per heavy atom.